The van der Waals surface area contributed by atoms with Gasteiger partial charge in [-0.05, 0) is 38.0 Å². The van der Waals surface area contributed by atoms with E-state index in [1.165, 1.54) is 11.1 Å². The minimum absolute atomic E-state index is 0.240. The molecule has 0 bridgehead atoms. The summed E-state index contributed by atoms with van der Waals surface area (Å²) in [4.78, 5) is 0. The van der Waals surface area contributed by atoms with Gasteiger partial charge in [0, 0.05) is 6.04 Å². The van der Waals surface area contributed by atoms with Crippen LogP contribution in [-0.2, 0) is 0 Å². The van der Waals surface area contributed by atoms with Crippen LogP contribution in [0.4, 0.5) is 5.69 Å². The molecule has 0 radical (unpaired) electrons. The molecule has 0 heterocycles. The Hall–Kier alpha value is -1.47. The minimum atomic E-state index is 0.240. The van der Waals surface area contributed by atoms with Crippen molar-refractivity contribution >= 4 is 17.3 Å². The van der Waals surface area contributed by atoms with E-state index >= 15 is 0 Å². The van der Waals surface area contributed by atoms with Crippen molar-refractivity contribution in [3.05, 3.63) is 64.2 Å². The summed E-state index contributed by atoms with van der Waals surface area (Å²) < 4.78 is 0. The topological polar surface area (TPSA) is 12.0 Å². The Morgan fingerprint density at radius 3 is 2.50 bits per heavy atom. The summed E-state index contributed by atoms with van der Waals surface area (Å²) >= 11 is 6.29. The average Bonchev–Trinajstić information content (AvgIpc) is 2.35. The van der Waals surface area contributed by atoms with Gasteiger partial charge in [0.25, 0.3) is 0 Å². The predicted octanol–water partition coefficient (Wildman–Crippen LogP) is 5.13. The van der Waals surface area contributed by atoms with Gasteiger partial charge in [-0.3, -0.25) is 0 Å². The third kappa shape index (κ3) is 2.85. The monoisotopic (exact) mass is 259 g/mol. The van der Waals surface area contributed by atoms with Crippen LogP contribution < -0.4 is 5.32 Å². The maximum absolute atomic E-state index is 6.29. The van der Waals surface area contributed by atoms with Gasteiger partial charge in [0.2, 0.25) is 0 Å². The highest BCUT2D eigenvalue weighted by atomic mass is 35.5. The first-order chi connectivity index (χ1) is 8.58. The molecule has 0 aliphatic carbocycles. The van der Waals surface area contributed by atoms with Crippen molar-refractivity contribution in [3.8, 4) is 0 Å². The zero-order chi connectivity index (χ0) is 13.1. The van der Waals surface area contributed by atoms with Gasteiger partial charge in [-0.15, -0.1) is 0 Å². The summed E-state index contributed by atoms with van der Waals surface area (Å²) in [6.07, 6.45) is 0. The molecule has 2 rings (SSSR count). The zero-order valence-corrected chi connectivity index (χ0v) is 11.8. The number of hydrogen-bond acceptors (Lipinski definition) is 1. The van der Waals surface area contributed by atoms with Gasteiger partial charge in [-0.25, -0.2) is 0 Å². The lowest BCUT2D eigenvalue weighted by molar-refractivity contribution is 0.882. The molecule has 1 nitrogen and oxygen atoms in total. The molecule has 2 aromatic carbocycles. The van der Waals surface area contributed by atoms with E-state index in [-0.39, 0.29) is 6.04 Å². The molecule has 0 amide bonds. The first-order valence-electron chi connectivity index (χ1n) is 6.16. The van der Waals surface area contributed by atoms with E-state index in [0.717, 1.165) is 16.3 Å². The van der Waals surface area contributed by atoms with Gasteiger partial charge < -0.3 is 5.32 Å². The first-order valence-corrected chi connectivity index (χ1v) is 6.54. The van der Waals surface area contributed by atoms with E-state index in [1.807, 2.05) is 25.1 Å². The second-order valence-corrected chi connectivity index (χ2v) is 5.09. The molecule has 1 unspecified atom stereocenters. The highest BCUT2D eigenvalue weighted by Gasteiger charge is 2.08. The van der Waals surface area contributed by atoms with Gasteiger partial charge in [-0.1, -0.05) is 53.6 Å². The Morgan fingerprint density at radius 2 is 1.78 bits per heavy atom. The Kier molecular flexibility index (Phi) is 3.93. The standard InChI is InChI=1S/C16H18ClN/c1-11-6-4-8-14(10-11)13(3)18-15-9-5-7-12(2)16(15)17/h4-10,13,18H,1-3H3. The second kappa shape index (κ2) is 5.45. The lowest BCUT2D eigenvalue weighted by Gasteiger charge is -2.18. The molecular weight excluding hydrogens is 242 g/mol. The van der Waals surface area contributed by atoms with Gasteiger partial charge in [0.15, 0.2) is 0 Å². The first kappa shape index (κ1) is 13.0. The second-order valence-electron chi connectivity index (χ2n) is 4.72. The molecule has 0 aliphatic rings. The molecule has 0 aliphatic heterocycles. The molecule has 94 valence electrons. The van der Waals surface area contributed by atoms with Crippen molar-refractivity contribution in [1.82, 2.24) is 0 Å². The van der Waals surface area contributed by atoms with Crippen molar-refractivity contribution in [2.45, 2.75) is 26.8 Å². The van der Waals surface area contributed by atoms with Crippen LogP contribution in [0.2, 0.25) is 5.02 Å². The number of aryl methyl sites for hydroxylation is 2. The van der Waals surface area contributed by atoms with E-state index < -0.39 is 0 Å². The highest BCUT2D eigenvalue weighted by molar-refractivity contribution is 6.34. The fraction of sp³-hybridized carbons (Fsp3) is 0.250. The maximum Gasteiger partial charge on any atom is 0.0666 e. The molecule has 0 saturated carbocycles. The Morgan fingerprint density at radius 1 is 1.06 bits per heavy atom. The van der Waals surface area contributed by atoms with Crippen molar-refractivity contribution in [3.63, 3.8) is 0 Å². The van der Waals surface area contributed by atoms with Crippen LogP contribution >= 0.6 is 11.6 Å². The molecule has 0 fully saturated rings. The van der Waals surface area contributed by atoms with Crippen molar-refractivity contribution < 1.29 is 0 Å². The van der Waals surface area contributed by atoms with Gasteiger partial charge in [0.1, 0.15) is 0 Å². The van der Waals surface area contributed by atoms with Crippen LogP contribution in [0.25, 0.3) is 0 Å². The molecule has 1 atom stereocenters. The van der Waals surface area contributed by atoms with Gasteiger partial charge in [0.05, 0.1) is 10.7 Å². The summed E-state index contributed by atoms with van der Waals surface area (Å²) in [7, 11) is 0. The van der Waals surface area contributed by atoms with Crippen molar-refractivity contribution in [2.75, 3.05) is 5.32 Å². The molecule has 0 aromatic heterocycles. The number of rotatable bonds is 3. The van der Waals surface area contributed by atoms with E-state index in [0.29, 0.717) is 0 Å². The average molecular weight is 260 g/mol. The van der Waals surface area contributed by atoms with Gasteiger partial charge >= 0.3 is 0 Å². The van der Waals surface area contributed by atoms with E-state index in [9.17, 15) is 0 Å². The summed E-state index contributed by atoms with van der Waals surface area (Å²) in [5.41, 5.74) is 4.63. The fourth-order valence-corrected chi connectivity index (χ4v) is 2.20. The van der Waals surface area contributed by atoms with Gasteiger partial charge in [-0.2, -0.15) is 0 Å². The van der Waals surface area contributed by atoms with Crippen LogP contribution in [0, 0.1) is 13.8 Å². The third-order valence-electron chi connectivity index (χ3n) is 3.11. The SMILES string of the molecule is Cc1cccc(C(C)Nc2cccc(C)c2Cl)c1. The summed E-state index contributed by atoms with van der Waals surface area (Å²) in [6.45, 7) is 6.27. The maximum atomic E-state index is 6.29. The normalized spacial score (nSPS) is 12.2. The number of nitrogens with one attached hydrogen (secondary N) is 1. The zero-order valence-electron chi connectivity index (χ0n) is 11.0. The molecule has 0 saturated heterocycles. The molecule has 2 heteroatoms. The number of benzene rings is 2. The van der Waals surface area contributed by atoms with E-state index in [2.05, 4.69) is 43.4 Å². The van der Waals surface area contributed by atoms with E-state index in [4.69, 9.17) is 11.6 Å². The summed E-state index contributed by atoms with van der Waals surface area (Å²) in [5, 5.41) is 4.27. The quantitative estimate of drug-likeness (QED) is 0.806. The van der Waals surface area contributed by atoms with Crippen LogP contribution in [0.1, 0.15) is 29.7 Å². The Balaban J connectivity index is 2.21. The van der Waals surface area contributed by atoms with E-state index in [1.54, 1.807) is 0 Å². The molecule has 18 heavy (non-hydrogen) atoms. The lowest BCUT2D eigenvalue weighted by atomic mass is 10.1. The van der Waals surface area contributed by atoms with Crippen LogP contribution in [0.3, 0.4) is 0 Å². The predicted molar refractivity (Wildman–Crippen MR) is 79.4 cm³/mol. The number of hydrogen-bond donors (Lipinski definition) is 1. The van der Waals surface area contributed by atoms with Crippen LogP contribution in [-0.4, -0.2) is 0 Å². The Labute approximate surface area is 114 Å². The lowest BCUT2D eigenvalue weighted by Crippen LogP contribution is -2.07. The third-order valence-corrected chi connectivity index (χ3v) is 3.61. The number of anilines is 1. The molecular formula is C16H18ClN. The summed E-state index contributed by atoms with van der Waals surface area (Å²) in [5.74, 6) is 0. The summed E-state index contributed by atoms with van der Waals surface area (Å²) in [6, 6.07) is 14.8. The fourth-order valence-electron chi connectivity index (χ4n) is 2.01. The largest absolute Gasteiger partial charge is 0.377 e. The Bertz CT molecular complexity index is 549. The van der Waals surface area contributed by atoms with Crippen molar-refractivity contribution in [2.24, 2.45) is 0 Å². The molecule has 0 spiro atoms. The minimum Gasteiger partial charge on any atom is -0.377 e. The smallest absolute Gasteiger partial charge is 0.0666 e. The van der Waals surface area contributed by atoms with Crippen molar-refractivity contribution in [1.29, 1.82) is 0 Å². The highest BCUT2D eigenvalue weighted by Crippen LogP contribution is 2.28. The van der Waals surface area contributed by atoms with Crippen LogP contribution in [0.5, 0.6) is 0 Å². The molecule has 2 aromatic rings. The molecule has 1 N–H and O–H groups in total. The number of halogens is 1. The van der Waals surface area contributed by atoms with Crippen LogP contribution in [0.15, 0.2) is 42.5 Å².